The number of aryl methyl sites for hydroxylation is 4. The topological polar surface area (TPSA) is 86.0 Å². The van der Waals surface area contributed by atoms with Crippen molar-refractivity contribution in [1.29, 1.82) is 0 Å². The van der Waals surface area contributed by atoms with Gasteiger partial charge < -0.3 is 16.0 Å². The molecule has 0 radical (unpaired) electrons. The minimum atomic E-state index is 0.301. The summed E-state index contributed by atoms with van der Waals surface area (Å²) in [6, 6.07) is 17.6. The van der Waals surface area contributed by atoms with Crippen LogP contribution in [0.15, 0.2) is 67.3 Å². The van der Waals surface area contributed by atoms with Crippen molar-refractivity contribution in [2.45, 2.75) is 72.4 Å². The number of aromatic nitrogens is 3. The highest BCUT2D eigenvalue weighted by molar-refractivity contribution is 5.51. The first-order chi connectivity index (χ1) is 18.8. The zero-order valence-electron chi connectivity index (χ0n) is 24.0. The Kier molecular flexibility index (Phi) is 9.90. The summed E-state index contributed by atoms with van der Waals surface area (Å²) in [7, 11) is 0. The highest BCUT2D eigenvalue weighted by atomic mass is 15.1. The van der Waals surface area contributed by atoms with Gasteiger partial charge in [-0.25, -0.2) is 4.98 Å². The molecule has 4 N–H and O–H groups in total. The average Bonchev–Trinajstić information content (AvgIpc) is 3.34. The summed E-state index contributed by atoms with van der Waals surface area (Å²) >= 11 is 0. The van der Waals surface area contributed by atoms with Crippen LogP contribution >= 0.6 is 0 Å². The van der Waals surface area contributed by atoms with Gasteiger partial charge in [0.15, 0.2) is 0 Å². The molecule has 1 atom stereocenters. The normalized spacial score (nSPS) is 15.6. The van der Waals surface area contributed by atoms with E-state index < -0.39 is 0 Å². The second kappa shape index (κ2) is 13.5. The number of hydrogen-bond donors (Lipinski definition) is 2. The van der Waals surface area contributed by atoms with Gasteiger partial charge in [-0.05, 0) is 105 Å². The van der Waals surface area contributed by atoms with Gasteiger partial charge in [-0.3, -0.25) is 9.88 Å². The first-order valence-electron chi connectivity index (χ1n) is 14.2. The van der Waals surface area contributed by atoms with Crippen molar-refractivity contribution >= 4 is 5.69 Å². The zero-order valence-corrected chi connectivity index (χ0v) is 24.0. The fraction of sp³-hybridized carbons (Fsp3) is 0.394. The van der Waals surface area contributed by atoms with Crippen molar-refractivity contribution in [2.24, 2.45) is 5.73 Å². The third-order valence-corrected chi connectivity index (χ3v) is 7.28. The summed E-state index contributed by atoms with van der Waals surface area (Å²) < 4.78 is 2.01. The number of nitrogens with two attached hydrogens (primary N) is 2. The van der Waals surface area contributed by atoms with E-state index >= 15 is 0 Å². The number of likely N-dealkylation sites (tertiary alicyclic amines) is 1. The van der Waals surface area contributed by atoms with Crippen molar-refractivity contribution < 1.29 is 0 Å². The predicted molar refractivity (Wildman–Crippen MR) is 162 cm³/mol. The molecule has 0 bridgehead atoms. The van der Waals surface area contributed by atoms with Crippen molar-refractivity contribution in [3.63, 3.8) is 0 Å². The van der Waals surface area contributed by atoms with E-state index in [1.165, 1.54) is 47.1 Å². The van der Waals surface area contributed by atoms with Gasteiger partial charge in [0, 0.05) is 48.6 Å². The molecule has 0 saturated carbocycles. The van der Waals surface area contributed by atoms with Crippen LogP contribution in [0.3, 0.4) is 0 Å². The smallest absolute Gasteiger partial charge is 0.0995 e. The van der Waals surface area contributed by atoms with Crippen LogP contribution in [0.25, 0.3) is 5.69 Å². The standard InChI is InChI=1S/C17H21N.C16H23N5/c1-4-5-15-8-6-13(2)17(10-15)11-16-9-7-14(3)18-12-16;1-12-8-21(11-19-12)16-6-13(5-15(18)7-16)9-20-4-2-3-14(17)10-20/h6-10,12H,4-5,11H2,1-3H3;5-8,11,14H,2-4,9-10,17-18H2,1H3. The van der Waals surface area contributed by atoms with Crippen LogP contribution in [0.2, 0.25) is 0 Å². The number of benzene rings is 2. The number of nitrogen functional groups attached to an aromatic ring is 1. The zero-order chi connectivity index (χ0) is 27.8. The summed E-state index contributed by atoms with van der Waals surface area (Å²) in [5.74, 6) is 0. The van der Waals surface area contributed by atoms with Gasteiger partial charge in [0.2, 0.25) is 0 Å². The fourth-order valence-electron chi connectivity index (χ4n) is 5.18. The van der Waals surface area contributed by atoms with Gasteiger partial charge in [0.05, 0.1) is 12.0 Å². The van der Waals surface area contributed by atoms with Crippen molar-refractivity contribution in [3.05, 3.63) is 106 Å². The number of imidazole rings is 1. The second-order valence-electron chi connectivity index (χ2n) is 11.0. The number of anilines is 1. The van der Waals surface area contributed by atoms with Crippen LogP contribution in [0.4, 0.5) is 5.69 Å². The molecule has 206 valence electrons. The third kappa shape index (κ3) is 8.50. The number of nitrogens with zero attached hydrogens (tertiary/aromatic N) is 4. The van der Waals surface area contributed by atoms with Crippen molar-refractivity contribution in [3.8, 4) is 5.69 Å². The maximum absolute atomic E-state index is 6.06. The molecule has 0 spiro atoms. The van der Waals surface area contributed by atoms with Crippen LogP contribution in [-0.2, 0) is 19.4 Å². The molecule has 4 aromatic rings. The quantitative estimate of drug-likeness (QED) is 0.293. The van der Waals surface area contributed by atoms with E-state index in [1.807, 2.05) is 49.3 Å². The third-order valence-electron chi connectivity index (χ3n) is 7.28. The fourth-order valence-corrected chi connectivity index (χ4v) is 5.18. The van der Waals surface area contributed by atoms with Gasteiger partial charge in [-0.15, -0.1) is 0 Å². The molecule has 6 nitrogen and oxygen atoms in total. The molecular formula is C33H44N6. The van der Waals surface area contributed by atoms with E-state index in [0.29, 0.717) is 6.04 Å². The average molecular weight is 525 g/mol. The minimum absolute atomic E-state index is 0.301. The van der Waals surface area contributed by atoms with E-state index in [4.69, 9.17) is 11.5 Å². The van der Waals surface area contributed by atoms with E-state index in [1.54, 1.807) is 0 Å². The van der Waals surface area contributed by atoms with Gasteiger partial charge in [-0.1, -0.05) is 37.6 Å². The first-order valence-corrected chi connectivity index (χ1v) is 14.2. The molecule has 5 rings (SSSR count). The lowest BCUT2D eigenvalue weighted by Crippen LogP contribution is -2.42. The molecule has 1 fully saturated rings. The van der Waals surface area contributed by atoms with Crippen LogP contribution in [0, 0.1) is 20.8 Å². The Morgan fingerprint density at radius 2 is 1.74 bits per heavy atom. The Labute approximate surface area is 234 Å². The first kappa shape index (κ1) is 28.5. The van der Waals surface area contributed by atoms with Gasteiger partial charge in [-0.2, -0.15) is 0 Å². The monoisotopic (exact) mass is 524 g/mol. The Morgan fingerprint density at radius 3 is 2.44 bits per heavy atom. The molecule has 2 aromatic heterocycles. The second-order valence-corrected chi connectivity index (χ2v) is 11.0. The number of piperidine rings is 1. The SMILES string of the molecule is CCCc1ccc(C)c(Cc2ccc(C)nc2)c1.Cc1cn(-c2cc(N)cc(CN3CCCC(N)C3)c2)cn1. The van der Waals surface area contributed by atoms with Crippen molar-refractivity contribution in [2.75, 3.05) is 18.8 Å². The Morgan fingerprint density at radius 1 is 0.923 bits per heavy atom. The summed E-state index contributed by atoms with van der Waals surface area (Å²) in [6.07, 6.45) is 11.5. The van der Waals surface area contributed by atoms with Crippen LogP contribution in [0.1, 0.15) is 65.4 Å². The van der Waals surface area contributed by atoms with Crippen molar-refractivity contribution in [1.82, 2.24) is 19.4 Å². The summed E-state index contributed by atoms with van der Waals surface area (Å²) in [4.78, 5) is 11.0. The lowest BCUT2D eigenvalue weighted by atomic mass is 9.97. The molecule has 6 heteroatoms. The molecule has 1 aliphatic rings. The summed E-state index contributed by atoms with van der Waals surface area (Å²) in [6.45, 7) is 11.4. The highest BCUT2D eigenvalue weighted by Crippen LogP contribution is 2.20. The Balaban J connectivity index is 0.000000183. The number of hydrogen-bond acceptors (Lipinski definition) is 5. The molecule has 0 aliphatic carbocycles. The van der Waals surface area contributed by atoms with Crippen LogP contribution in [-0.4, -0.2) is 38.6 Å². The molecular weight excluding hydrogens is 480 g/mol. The number of rotatable bonds is 7. The molecule has 2 aromatic carbocycles. The van der Waals surface area contributed by atoms with Crippen LogP contribution < -0.4 is 11.5 Å². The Hall–Kier alpha value is -3.48. The highest BCUT2D eigenvalue weighted by Gasteiger charge is 2.17. The molecule has 3 heterocycles. The van der Waals surface area contributed by atoms with Gasteiger partial charge >= 0.3 is 0 Å². The molecule has 1 aliphatic heterocycles. The van der Waals surface area contributed by atoms with Gasteiger partial charge in [0.25, 0.3) is 0 Å². The number of pyridine rings is 1. The largest absolute Gasteiger partial charge is 0.399 e. The maximum atomic E-state index is 6.06. The van der Waals surface area contributed by atoms with Gasteiger partial charge in [0.1, 0.15) is 0 Å². The van der Waals surface area contributed by atoms with E-state index in [0.717, 1.165) is 55.2 Å². The molecule has 0 amide bonds. The molecule has 39 heavy (non-hydrogen) atoms. The predicted octanol–water partition coefficient (Wildman–Crippen LogP) is 5.93. The molecule has 1 unspecified atom stereocenters. The van der Waals surface area contributed by atoms with Crippen LogP contribution in [0.5, 0.6) is 0 Å². The summed E-state index contributed by atoms with van der Waals surface area (Å²) in [5, 5.41) is 0. The van der Waals surface area contributed by atoms with E-state index in [2.05, 4.69) is 65.1 Å². The molecule has 1 saturated heterocycles. The summed E-state index contributed by atoms with van der Waals surface area (Å²) in [5.41, 5.74) is 22.8. The van der Waals surface area contributed by atoms with E-state index in [-0.39, 0.29) is 0 Å². The Bertz CT molecular complexity index is 1340. The van der Waals surface area contributed by atoms with E-state index in [9.17, 15) is 0 Å². The minimum Gasteiger partial charge on any atom is -0.399 e. The lowest BCUT2D eigenvalue weighted by Gasteiger charge is -2.30. The maximum Gasteiger partial charge on any atom is 0.0995 e. The lowest BCUT2D eigenvalue weighted by molar-refractivity contribution is 0.201.